The summed E-state index contributed by atoms with van der Waals surface area (Å²) in [5.74, 6) is -0.436. The minimum Gasteiger partial charge on any atom is -0.321 e. The van der Waals surface area contributed by atoms with Gasteiger partial charge in [-0.1, -0.05) is 17.7 Å². The Morgan fingerprint density at radius 3 is 2.71 bits per heavy atom. The summed E-state index contributed by atoms with van der Waals surface area (Å²) in [5.41, 5.74) is 1.56. The van der Waals surface area contributed by atoms with Crippen molar-refractivity contribution in [3.8, 4) is 6.07 Å². The van der Waals surface area contributed by atoms with Gasteiger partial charge in [-0.05, 0) is 49.8 Å². The lowest BCUT2D eigenvalue weighted by Crippen LogP contribution is -2.14. The van der Waals surface area contributed by atoms with Crippen LogP contribution in [0.25, 0.3) is 6.08 Å². The minimum absolute atomic E-state index is 0.0659. The van der Waals surface area contributed by atoms with E-state index in [1.165, 1.54) is 11.3 Å². The van der Waals surface area contributed by atoms with Crippen LogP contribution in [0, 0.1) is 25.2 Å². The van der Waals surface area contributed by atoms with Gasteiger partial charge in [0.05, 0.1) is 0 Å². The van der Waals surface area contributed by atoms with Crippen LogP contribution in [0.5, 0.6) is 0 Å². The Balaban J connectivity index is 2.23. The molecule has 1 aromatic carbocycles. The van der Waals surface area contributed by atoms with Crippen molar-refractivity contribution in [2.75, 3.05) is 5.32 Å². The number of nitrogens with one attached hydrogen (secondary N) is 1. The largest absolute Gasteiger partial charge is 0.321 e. The molecule has 0 atom stereocenters. The molecule has 0 unspecified atom stereocenters. The minimum atomic E-state index is -0.436. The number of benzene rings is 1. The molecule has 0 aliphatic heterocycles. The fraction of sp³-hybridized carbons (Fsp3) is 0.125. The average Bonchev–Trinajstić information content (AvgIpc) is 2.85. The third-order valence-electron chi connectivity index (χ3n) is 2.86. The van der Waals surface area contributed by atoms with Crippen LogP contribution >= 0.6 is 22.9 Å². The van der Waals surface area contributed by atoms with Crippen molar-refractivity contribution in [3.63, 3.8) is 0 Å². The molecule has 0 saturated heterocycles. The topological polar surface area (TPSA) is 52.9 Å². The lowest BCUT2D eigenvalue weighted by Gasteiger charge is -2.08. The van der Waals surface area contributed by atoms with Crippen molar-refractivity contribution in [1.82, 2.24) is 0 Å². The van der Waals surface area contributed by atoms with E-state index < -0.39 is 5.91 Å². The molecule has 3 nitrogen and oxygen atoms in total. The van der Waals surface area contributed by atoms with Gasteiger partial charge >= 0.3 is 0 Å². The molecule has 1 aromatic heterocycles. The first-order valence-electron chi connectivity index (χ1n) is 6.25. The molecule has 0 saturated carbocycles. The Kier molecular flexibility index (Phi) is 4.79. The predicted molar refractivity (Wildman–Crippen MR) is 87.5 cm³/mol. The van der Waals surface area contributed by atoms with Gasteiger partial charge in [0.15, 0.2) is 0 Å². The molecule has 2 rings (SSSR count). The maximum absolute atomic E-state index is 12.2. The van der Waals surface area contributed by atoms with E-state index >= 15 is 0 Å². The van der Waals surface area contributed by atoms with E-state index in [0.29, 0.717) is 10.7 Å². The summed E-state index contributed by atoms with van der Waals surface area (Å²) in [7, 11) is 0. The maximum Gasteiger partial charge on any atom is 0.266 e. The number of anilines is 1. The quantitative estimate of drug-likeness (QED) is 0.666. The molecule has 5 heteroatoms. The van der Waals surface area contributed by atoms with Gasteiger partial charge in [-0.25, -0.2) is 0 Å². The van der Waals surface area contributed by atoms with E-state index in [1.54, 1.807) is 18.2 Å². The Labute approximate surface area is 132 Å². The Hall–Kier alpha value is -2.09. The van der Waals surface area contributed by atoms with Gasteiger partial charge in [-0.15, -0.1) is 11.3 Å². The SMILES string of the molecule is Cc1ccc(/C=C(\C#N)C(=O)Nc2cc(Cl)ccc2C)s1. The van der Waals surface area contributed by atoms with Gasteiger partial charge in [-0.3, -0.25) is 4.79 Å². The van der Waals surface area contributed by atoms with Gasteiger partial charge in [0.1, 0.15) is 11.6 Å². The monoisotopic (exact) mass is 316 g/mol. The van der Waals surface area contributed by atoms with Gasteiger partial charge in [0, 0.05) is 20.5 Å². The number of nitriles is 1. The average molecular weight is 317 g/mol. The molecule has 0 spiro atoms. The van der Waals surface area contributed by atoms with Crippen molar-refractivity contribution >= 4 is 40.6 Å². The standard InChI is InChI=1S/C16H13ClN2OS/c1-10-3-5-13(17)8-15(10)19-16(20)12(9-18)7-14-6-4-11(2)21-14/h3-8H,1-2H3,(H,19,20)/b12-7+. The fourth-order valence-electron chi connectivity index (χ4n) is 1.74. The first-order chi connectivity index (χ1) is 9.99. The van der Waals surface area contributed by atoms with E-state index in [1.807, 2.05) is 38.1 Å². The van der Waals surface area contributed by atoms with Gasteiger partial charge in [0.25, 0.3) is 5.91 Å². The lowest BCUT2D eigenvalue weighted by molar-refractivity contribution is -0.112. The summed E-state index contributed by atoms with van der Waals surface area (Å²) in [6.45, 7) is 3.84. The van der Waals surface area contributed by atoms with E-state index in [2.05, 4.69) is 5.32 Å². The van der Waals surface area contributed by atoms with Crippen molar-refractivity contribution in [2.24, 2.45) is 0 Å². The molecule has 1 amide bonds. The fourth-order valence-corrected chi connectivity index (χ4v) is 2.73. The van der Waals surface area contributed by atoms with Gasteiger partial charge in [0.2, 0.25) is 0 Å². The molecule has 0 aliphatic carbocycles. The van der Waals surface area contributed by atoms with Crippen molar-refractivity contribution in [1.29, 1.82) is 5.26 Å². The maximum atomic E-state index is 12.2. The van der Waals surface area contributed by atoms with E-state index in [-0.39, 0.29) is 5.57 Å². The number of nitrogens with zero attached hydrogens (tertiary/aromatic N) is 1. The summed E-state index contributed by atoms with van der Waals surface area (Å²) in [5, 5.41) is 12.4. The highest BCUT2D eigenvalue weighted by molar-refractivity contribution is 7.12. The predicted octanol–water partition coefficient (Wildman–Crippen LogP) is 4.56. The number of rotatable bonds is 3. The molecule has 0 aliphatic rings. The van der Waals surface area contributed by atoms with Crippen LogP contribution in [0.4, 0.5) is 5.69 Å². The molecule has 2 aromatic rings. The molecular weight excluding hydrogens is 304 g/mol. The molecule has 0 bridgehead atoms. The van der Waals surface area contributed by atoms with Crippen LogP contribution < -0.4 is 5.32 Å². The Bertz CT molecular complexity index is 756. The van der Waals surface area contributed by atoms with Gasteiger partial charge < -0.3 is 5.32 Å². The number of carbonyl (C=O) groups excluding carboxylic acids is 1. The first-order valence-corrected chi connectivity index (χ1v) is 7.45. The van der Waals surface area contributed by atoms with Crippen molar-refractivity contribution < 1.29 is 4.79 Å². The highest BCUT2D eigenvalue weighted by Gasteiger charge is 2.11. The highest BCUT2D eigenvalue weighted by atomic mass is 35.5. The first kappa shape index (κ1) is 15.3. The van der Waals surface area contributed by atoms with E-state index in [0.717, 1.165) is 15.3 Å². The van der Waals surface area contributed by atoms with Crippen LogP contribution in [0.3, 0.4) is 0 Å². The smallest absolute Gasteiger partial charge is 0.266 e. The lowest BCUT2D eigenvalue weighted by atomic mass is 10.2. The zero-order valence-corrected chi connectivity index (χ0v) is 13.2. The zero-order valence-electron chi connectivity index (χ0n) is 11.6. The normalized spacial score (nSPS) is 11.0. The number of thiophene rings is 1. The summed E-state index contributed by atoms with van der Waals surface area (Å²) >= 11 is 7.45. The Morgan fingerprint density at radius 1 is 1.33 bits per heavy atom. The molecule has 21 heavy (non-hydrogen) atoms. The number of aryl methyl sites for hydroxylation is 2. The number of amides is 1. The van der Waals surface area contributed by atoms with Crippen LogP contribution in [-0.2, 0) is 4.79 Å². The molecule has 0 fully saturated rings. The third kappa shape index (κ3) is 3.94. The summed E-state index contributed by atoms with van der Waals surface area (Å²) < 4.78 is 0. The van der Waals surface area contributed by atoms with E-state index in [9.17, 15) is 4.79 Å². The molecule has 0 radical (unpaired) electrons. The van der Waals surface area contributed by atoms with Crippen LogP contribution in [0.15, 0.2) is 35.9 Å². The van der Waals surface area contributed by atoms with Gasteiger partial charge in [-0.2, -0.15) is 5.26 Å². The molecule has 1 heterocycles. The second-order valence-corrected chi connectivity index (χ2v) is 6.29. The summed E-state index contributed by atoms with van der Waals surface area (Å²) in [4.78, 5) is 14.2. The van der Waals surface area contributed by atoms with E-state index in [4.69, 9.17) is 16.9 Å². The summed E-state index contributed by atoms with van der Waals surface area (Å²) in [6.07, 6.45) is 1.59. The zero-order chi connectivity index (χ0) is 15.4. The highest BCUT2D eigenvalue weighted by Crippen LogP contribution is 2.22. The second kappa shape index (κ2) is 6.57. The Morgan fingerprint density at radius 2 is 2.10 bits per heavy atom. The van der Waals surface area contributed by atoms with Crippen molar-refractivity contribution in [3.05, 3.63) is 56.2 Å². The van der Waals surface area contributed by atoms with Crippen molar-refractivity contribution in [2.45, 2.75) is 13.8 Å². The third-order valence-corrected chi connectivity index (χ3v) is 4.04. The number of halogens is 1. The number of hydrogen-bond acceptors (Lipinski definition) is 3. The van der Waals surface area contributed by atoms with Crippen LogP contribution in [0.2, 0.25) is 5.02 Å². The summed E-state index contributed by atoms with van der Waals surface area (Å²) in [6, 6.07) is 11.0. The second-order valence-electron chi connectivity index (χ2n) is 4.53. The molecule has 106 valence electrons. The van der Waals surface area contributed by atoms with Crippen LogP contribution in [-0.4, -0.2) is 5.91 Å². The number of hydrogen-bond donors (Lipinski definition) is 1. The molecule has 1 N–H and O–H groups in total. The molecular formula is C16H13ClN2OS. The number of carbonyl (C=O) groups is 1. The van der Waals surface area contributed by atoms with Crippen LogP contribution in [0.1, 0.15) is 15.3 Å².